The van der Waals surface area contributed by atoms with Crippen LogP contribution in [0.1, 0.15) is 35.5 Å². The van der Waals surface area contributed by atoms with Crippen LogP contribution in [-0.4, -0.2) is 28.4 Å². The van der Waals surface area contributed by atoms with Crippen molar-refractivity contribution >= 4 is 33.1 Å². The van der Waals surface area contributed by atoms with Crippen molar-refractivity contribution in [3.63, 3.8) is 0 Å². The number of fused-ring (bicyclic) bond motifs is 1. The molecule has 1 fully saturated rings. The highest BCUT2D eigenvalue weighted by molar-refractivity contribution is 7.21. The van der Waals surface area contributed by atoms with Gasteiger partial charge >= 0.3 is 0 Å². The predicted molar refractivity (Wildman–Crippen MR) is 83.0 cm³/mol. The van der Waals surface area contributed by atoms with Gasteiger partial charge < -0.3 is 10.6 Å². The third-order valence-corrected chi connectivity index (χ3v) is 5.18. The molecular weight excluding hydrogens is 270 g/mol. The molecule has 0 bridgehead atoms. The number of thiophene rings is 1. The average Bonchev–Trinajstić information content (AvgIpc) is 2.90. The van der Waals surface area contributed by atoms with Gasteiger partial charge in [-0.2, -0.15) is 0 Å². The lowest BCUT2D eigenvalue weighted by molar-refractivity contribution is 0.0749. The van der Waals surface area contributed by atoms with Gasteiger partial charge in [0.05, 0.1) is 5.69 Å². The molecule has 2 aromatic rings. The molecule has 0 aliphatic carbocycles. The highest BCUT2D eigenvalue weighted by Crippen LogP contribution is 2.36. The number of likely N-dealkylation sites (tertiary alicyclic amines) is 1. The first-order valence-corrected chi connectivity index (χ1v) is 7.75. The SMILES string of the molecule is Cc1ccnc2sc(C(=O)N3CC(C)CC3C)c(N)c12. The van der Waals surface area contributed by atoms with Crippen LogP contribution in [0.4, 0.5) is 5.69 Å². The molecule has 1 saturated heterocycles. The smallest absolute Gasteiger partial charge is 0.266 e. The first-order valence-electron chi connectivity index (χ1n) is 6.93. The summed E-state index contributed by atoms with van der Waals surface area (Å²) in [4.78, 5) is 20.5. The van der Waals surface area contributed by atoms with Crippen molar-refractivity contribution in [3.8, 4) is 0 Å². The number of hydrogen-bond acceptors (Lipinski definition) is 4. The van der Waals surface area contributed by atoms with Crippen LogP contribution in [0.15, 0.2) is 12.3 Å². The molecule has 0 aromatic carbocycles. The molecule has 3 rings (SSSR count). The maximum absolute atomic E-state index is 12.7. The summed E-state index contributed by atoms with van der Waals surface area (Å²) in [6, 6.07) is 2.22. The summed E-state index contributed by atoms with van der Waals surface area (Å²) in [5, 5.41) is 0.931. The lowest BCUT2D eigenvalue weighted by Crippen LogP contribution is -2.33. The maximum atomic E-state index is 12.7. The Kier molecular flexibility index (Phi) is 3.17. The number of aryl methyl sites for hydroxylation is 1. The van der Waals surface area contributed by atoms with E-state index in [2.05, 4.69) is 18.8 Å². The van der Waals surface area contributed by atoms with Gasteiger partial charge in [0.2, 0.25) is 0 Å². The second-order valence-electron chi connectivity index (χ2n) is 5.80. The summed E-state index contributed by atoms with van der Waals surface area (Å²) in [5.74, 6) is 0.617. The molecule has 2 N–H and O–H groups in total. The minimum absolute atomic E-state index is 0.0572. The molecule has 20 heavy (non-hydrogen) atoms. The molecule has 1 aliphatic rings. The molecule has 2 atom stereocenters. The van der Waals surface area contributed by atoms with Crippen LogP contribution in [0, 0.1) is 12.8 Å². The number of nitrogen functional groups attached to an aromatic ring is 1. The first-order chi connectivity index (χ1) is 9.49. The third kappa shape index (κ3) is 1.97. The van der Waals surface area contributed by atoms with E-state index in [4.69, 9.17) is 5.73 Å². The third-order valence-electron chi connectivity index (χ3n) is 4.08. The van der Waals surface area contributed by atoms with Crippen LogP contribution >= 0.6 is 11.3 Å². The van der Waals surface area contributed by atoms with Crippen molar-refractivity contribution < 1.29 is 4.79 Å². The van der Waals surface area contributed by atoms with Gasteiger partial charge in [-0.25, -0.2) is 4.98 Å². The summed E-state index contributed by atoms with van der Waals surface area (Å²) in [5.41, 5.74) is 7.88. The van der Waals surface area contributed by atoms with E-state index >= 15 is 0 Å². The highest BCUT2D eigenvalue weighted by atomic mass is 32.1. The summed E-state index contributed by atoms with van der Waals surface area (Å²) >= 11 is 1.41. The van der Waals surface area contributed by atoms with E-state index < -0.39 is 0 Å². The molecule has 0 saturated carbocycles. The van der Waals surface area contributed by atoms with Gasteiger partial charge in [0.1, 0.15) is 9.71 Å². The number of amides is 1. The molecular formula is C15H19N3OS. The van der Waals surface area contributed by atoms with Crippen molar-refractivity contribution in [3.05, 3.63) is 22.7 Å². The Bertz CT molecular complexity index is 679. The minimum atomic E-state index is 0.0572. The number of aromatic nitrogens is 1. The number of hydrogen-bond donors (Lipinski definition) is 1. The van der Waals surface area contributed by atoms with Gasteiger partial charge in [0, 0.05) is 24.2 Å². The molecule has 0 radical (unpaired) electrons. The van der Waals surface area contributed by atoms with Gasteiger partial charge in [-0.3, -0.25) is 4.79 Å². The van der Waals surface area contributed by atoms with E-state index in [9.17, 15) is 4.79 Å². The van der Waals surface area contributed by atoms with Crippen LogP contribution in [-0.2, 0) is 0 Å². The second-order valence-corrected chi connectivity index (χ2v) is 6.80. The number of pyridine rings is 1. The number of carbonyl (C=O) groups is 1. The van der Waals surface area contributed by atoms with Gasteiger partial charge in [0.15, 0.2) is 0 Å². The van der Waals surface area contributed by atoms with E-state index in [0.29, 0.717) is 16.5 Å². The summed E-state index contributed by atoms with van der Waals surface area (Å²) < 4.78 is 0. The minimum Gasteiger partial charge on any atom is -0.397 e. The van der Waals surface area contributed by atoms with Crippen LogP contribution < -0.4 is 5.73 Å². The molecule has 0 spiro atoms. The summed E-state index contributed by atoms with van der Waals surface area (Å²) in [6.07, 6.45) is 2.83. The molecule has 1 aliphatic heterocycles. The topological polar surface area (TPSA) is 59.2 Å². The zero-order valence-corrected chi connectivity index (χ0v) is 12.8. The van der Waals surface area contributed by atoms with E-state index in [1.165, 1.54) is 11.3 Å². The van der Waals surface area contributed by atoms with Crippen molar-refractivity contribution in [1.82, 2.24) is 9.88 Å². The van der Waals surface area contributed by atoms with Crippen LogP contribution in [0.3, 0.4) is 0 Å². The Morgan fingerprint density at radius 2 is 2.25 bits per heavy atom. The summed E-state index contributed by atoms with van der Waals surface area (Å²) in [6.45, 7) is 7.11. The standard InChI is InChI=1S/C15H19N3OS/c1-8-6-10(3)18(7-8)15(19)13-12(16)11-9(2)4-5-17-14(11)20-13/h4-5,8,10H,6-7,16H2,1-3H3. The highest BCUT2D eigenvalue weighted by Gasteiger charge is 2.32. The Morgan fingerprint density at radius 1 is 1.50 bits per heavy atom. The zero-order chi connectivity index (χ0) is 14.4. The van der Waals surface area contributed by atoms with Crippen molar-refractivity contribution in [2.45, 2.75) is 33.2 Å². The van der Waals surface area contributed by atoms with Crippen molar-refractivity contribution in [2.75, 3.05) is 12.3 Å². The van der Waals surface area contributed by atoms with Crippen LogP contribution in [0.5, 0.6) is 0 Å². The Hall–Kier alpha value is -1.62. The van der Waals surface area contributed by atoms with Gasteiger partial charge in [-0.1, -0.05) is 6.92 Å². The van der Waals surface area contributed by atoms with Gasteiger partial charge in [-0.15, -0.1) is 11.3 Å². The Balaban J connectivity index is 2.04. The lowest BCUT2D eigenvalue weighted by atomic mass is 10.1. The van der Waals surface area contributed by atoms with Crippen LogP contribution in [0.2, 0.25) is 0 Å². The molecule has 1 amide bonds. The fraction of sp³-hybridized carbons (Fsp3) is 0.467. The molecule has 2 aromatic heterocycles. The van der Waals surface area contributed by atoms with Gasteiger partial charge in [-0.05, 0) is 37.8 Å². The van der Waals surface area contributed by atoms with E-state index in [1.807, 2.05) is 17.9 Å². The quantitative estimate of drug-likeness (QED) is 0.877. The zero-order valence-electron chi connectivity index (χ0n) is 12.0. The lowest BCUT2D eigenvalue weighted by Gasteiger charge is -2.20. The average molecular weight is 289 g/mol. The molecule has 2 unspecified atom stereocenters. The van der Waals surface area contributed by atoms with Gasteiger partial charge in [0.25, 0.3) is 5.91 Å². The molecule has 5 heteroatoms. The monoisotopic (exact) mass is 289 g/mol. The van der Waals surface area contributed by atoms with E-state index in [0.717, 1.165) is 28.7 Å². The number of nitrogens with zero attached hydrogens (tertiary/aromatic N) is 2. The van der Waals surface area contributed by atoms with E-state index in [1.54, 1.807) is 6.20 Å². The normalized spacial score (nSPS) is 22.6. The number of carbonyl (C=O) groups excluding carboxylic acids is 1. The molecule has 106 valence electrons. The van der Waals surface area contributed by atoms with Crippen LogP contribution in [0.25, 0.3) is 10.2 Å². The fourth-order valence-electron chi connectivity index (χ4n) is 3.08. The van der Waals surface area contributed by atoms with Crippen molar-refractivity contribution in [2.24, 2.45) is 5.92 Å². The predicted octanol–water partition coefficient (Wildman–Crippen LogP) is 3.06. The summed E-state index contributed by atoms with van der Waals surface area (Å²) in [7, 11) is 0. The number of rotatable bonds is 1. The Labute approximate surface area is 122 Å². The largest absolute Gasteiger partial charge is 0.397 e. The fourth-order valence-corrected chi connectivity index (χ4v) is 4.17. The second kappa shape index (κ2) is 4.74. The first kappa shape index (κ1) is 13.4. The molecule has 4 nitrogen and oxygen atoms in total. The Morgan fingerprint density at radius 3 is 2.85 bits per heavy atom. The maximum Gasteiger partial charge on any atom is 0.266 e. The number of anilines is 1. The molecule has 3 heterocycles. The number of nitrogens with two attached hydrogens (primary N) is 1. The van der Waals surface area contributed by atoms with E-state index in [-0.39, 0.29) is 11.9 Å². The van der Waals surface area contributed by atoms with Crippen molar-refractivity contribution in [1.29, 1.82) is 0 Å².